The highest BCUT2D eigenvalue weighted by atomic mass is 19.1. The summed E-state index contributed by atoms with van der Waals surface area (Å²) in [4.78, 5) is 24.6. The normalized spacial score (nSPS) is 16.4. The zero-order valence-electron chi connectivity index (χ0n) is 21.1. The van der Waals surface area contributed by atoms with E-state index in [0.717, 1.165) is 38.5 Å². The number of fused-ring (bicyclic) bond motifs is 1. The van der Waals surface area contributed by atoms with Crippen LogP contribution in [-0.4, -0.2) is 82.7 Å². The third-order valence-electron chi connectivity index (χ3n) is 6.69. The molecule has 2 aromatic rings. The summed E-state index contributed by atoms with van der Waals surface area (Å²) in [5, 5.41) is 31.1. The Morgan fingerprint density at radius 2 is 2.00 bits per heavy atom. The maximum atomic E-state index is 14.4. The van der Waals surface area contributed by atoms with Crippen LogP contribution in [0.2, 0.25) is 0 Å². The molecule has 2 N–H and O–H groups in total. The molecule has 10 nitrogen and oxygen atoms in total. The van der Waals surface area contributed by atoms with Gasteiger partial charge in [0.2, 0.25) is 5.82 Å². The molecule has 36 heavy (non-hydrogen) atoms. The Balaban J connectivity index is 1.66. The molecule has 0 spiro atoms. The Labute approximate surface area is 209 Å². The van der Waals surface area contributed by atoms with Gasteiger partial charge in [0.25, 0.3) is 0 Å². The molecule has 11 heteroatoms. The third kappa shape index (κ3) is 6.58. The second kappa shape index (κ2) is 12.1. The molecule has 1 saturated heterocycles. The van der Waals surface area contributed by atoms with Gasteiger partial charge in [0.05, 0.1) is 55.4 Å². The van der Waals surface area contributed by atoms with Gasteiger partial charge in [-0.05, 0) is 38.9 Å². The maximum absolute atomic E-state index is 14.4. The number of nitrogens with zero attached hydrogens (tertiary/aromatic N) is 3. The van der Waals surface area contributed by atoms with Crippen molar-refractivity contribution in [2.75, 3.05) is 46.1 Å². The number of piperidine rings is 1. The maximum Gasteiger partial charge on any atom is 0.309 e. The van der Waals surface area contributed by atoms with Crippen LogP contribution in [0.1, 0.15) is 39.3 Å². The van der Waals surface area contributed by atoms with Crippen LogP contribution in [0.3, 0.4) is 0 Å². The van der Waals surface area contributed by atoms with Crippen molar-refractivity contribution >= 4 is 22.6 Å². The fourth-order valence-electron chi connectivity index (χ4n) is 4.68. The minimum absolute atomic E-state index is 0.00538. The summed E-state index contributed by atoms with van der Waals surface area (Å²) in [7, 11) is 0. The molecule has 2 heterocycles. The second-order valence-corrected chi connectivity index (χ2v) is 9.90. The minimum Gasteiger partial charge on any atom is -0.466 e. The van der Waals surface area contributed by atoms with Gasteiger partial charge in [-0.25, -0.2) is 0 Å². The van der Waals surface area contributed by atoms with Crippen molar-refractivity contribution in [1.82, 2.24) is 9.47 Å². The van der Waals surface area contributed by atoms with E-state index >= 15 is 0 Å². The number of ether oxygens (including phenoxy) is 2. The quantitative estimate of drug-likeness (QED) is 0.193. The molecular weight excluding hydrogens is 473 g/mol. The van der Waals surface area contributed by atoms with Gasteiger partial charge in [-0.3, -0.25) is 14.9 Å². The van der Waals surface area contributed by atoms with Crippen LogP contribution in [-0.2, 0) is 26.2 Å². The summed E-state index contributed by atoms with van der Waals surface area (Å²) < 4.78 is 27.2. The number of hydrogen-bond donors (Lipinski definition) is 2. The van der Waals surface area contributed by atoms with Crippen LogP contribution in [0, 0.1) is 21.8 Å². The summed E-state index contributed by atoms with van der Waals surface area (Å²) in [6.07, 6.45) is 0.451. The Morgan fingerprint density at radius 1 is 1.31 bits per heavy atom. The molecule has 1 atom stereocenters. The number of aliphatic hydroxyl groups is 2. The van der Waals surface area contributed by atoms with Crippen molar-refractivity contribution in [2.45, 2.75) is 51.7 Å². The number of hydrogen-bond acceptors (Lipinski definition) is 8. The third-order valence-corrected chi connectivity index (χ3v) is 6.69. The van der Waals surface area contributed by atoms with Gasteiger partial charge in [-0.15, -0.1) is 0 Å². The van der Waals surface area contributed by atoms with Crippen LogP contribution in [0.5, 0.6) is 0 Å². The molecule has 0 bridgehead atoms. The number of rotatable bonds is 12. The number of benzene rings is 1. The first-order chi connectivity index (χ1) is 17.1. The van der Waals surface area contributed by atoms with Gasteiger partial charge in [0, 0.05) is 35.2 Å². The van der Waals surface area contributed by atoms with Crippen LogP contribution in [0.25, 0.3) is 10.9 Å². The molecule has 1 aliphatic heterocycles. The SMILES string of the molecule is CCOC(=O)C1CCN(CCOCC(C)(C)c2cc3cc([N+](=O)[O-])c(F)cc3n2CC(O)CO)CC1. The van der Waals surface area contributed by atoms with Crippen molar-refractivity contribution in [1.29, 1.82) is 0 Å². The van der Waals surface area contributed by atoms with E-state index in [4.69, 9.17) is 9.47 Å². The van der Waals surface area contributed by atoms with Crippen molar-refractivity contribution < 1.29 is 33.8 Å². The van der Waals surface area contributed by atoms with E-state index in [2.05, 4.69) is 4.90 Å². The predicted octanol–water partition coefficient (Wildman–Crippen LogP) is 2.61. The molecule has 1 aromatic heterocycles. The summed E-state index contributed by atoms with van der Waals surface area (Å²) in [5.41, 5.74) is -0.0796. The largest absolute Gasteiger partial charge is 0.466 e. The highest BCUT2D eigenvalue weighted by Crippen LogP contribution is 2.34. The molecule has 3 rings (SSSR count). The topological polar surface area (TPSA) is 127 Å². The first kappa shape index (κ1) is 28.0. The number of carbonyl (C=O) groups is 1. The van der Waals surface area contributed by atoms with Crippen molar-refractivity contribution in [3.8, 4) is 0 Å². The average Bonchev–Trinajstić information content (AvgIpc) is 3.19. The van der Waals surface area contributed by atoms with E-state index < -0.39 is 34.6 Å². The van der Waals surface area contributed by atoms with Gasteiger partial charge >= 0.3 is 11.7 Å². The van der Waals surface area contributed by atoms with E-state index in [1.54, 1.807) is 10.6 Å². The molecule has 0 saturated carbocycles. The number of aromatic nitrogens is 1. The number of aliphatic hydroxyl groups excluding tert-OH is 2. The first-order valence-electron chi connectivity index (χ1n) is 12.3. The van der Waals surface area contributed by atoms with E-state index in [0.29, 0.717) is 36.4 Å². The Kier molecular flexibility index (Phi) is 9.40. The lowest BCUT2D eigenvalue weighted by atomic mass is 9.90. The summed E-state index contributed by atoms with van der Waals surface area (Å²) in [6.45, 7) is 8.74. The molecule has 200 valence electrons. The van der Waals surface area contributed by atoms with Gasteiger partial charge < -0.3 is 29.2 Å². The number of carbonyl (C=O) groups excluding carboxylic acids is 1. The number of likely N-dealkylation sites (tertiary alicyclic amines) is 1. The minimum atomic E-state index is -1.08. The number of esters is 1. The number of nitro groups is 1. The van der Waals surface area contributed by atoms with Gasteiger partial charge in [0.15, 0.2) is 0 Å². The summed E-state index contributed by atoms with van der Waals surface area (Å²) in [5.74, 6) is -1.13. The first-order valence-corrected chi connectivity index (χ1v) is 12.3. The predicted molar refractivity (Wildman–Crippen MR) is 131 cm³/mol. The molecule has 0 amide bonds. The lowest BCUT2D eigenvalue weighted by Crippen LogP contribution is -2.39. The van der Waals surface area contributed by atoms with Crippen LogP contribution >= 0.6 is 0 Å². The van der Waals surface area contributed by atoms with Gasteiger partial charge in [-0.2, -0.15) is 4.39 Å². The second-order valence-electron chi connectivity index (χ2n) is 9.90. The Morgan fingerprint density at radius 3 is 2.61 bits per heavy atom. The molecule has 1 fully saturated rings. The van der Waals surface area contributed by atoms with Crippen molar-refractivity contribution in [3.63, 3.8) is 0 Å². The molecule has 0 radical (unpaired) electrons. The van der Waals surface area contributed by atoms with Crippen LogP contribution in [0.4, 0.5) is 10.1 Å². The van der Waals surface area contributed by atoms with Crippen molar-refractivity contribution in [3.05, 3.63) is 39.8 Å². The fraction of sp³-hybridized carbons (Fsp3) is 0.640. The monoisotopic (exact) mass is 509 g/mol. The fourth-order valence-corrected chi connectivity index (χ4v) is 4.68. The summed E-state index contributed by atoms with van der Waals surface area (Å²) >= 11 is 0. The highest BCUT2D eigenvalue weighted by Gasteiger charge is 2.30. The zero-order valence-corrected chi connectivity index (χ0v) is 21.1. The average molecular weight is 510 g/mol. The standard InChI is InChI=1S/C25H36FN3O7/c1-4-36-24(32)17-5-7-27(8-6-17)9-10-35-16-25(2,3)23-12-18-11-22(29(33)34)20(26)13-21(18)28(23)14-19(31)15-30/h11-13,17,19,30-31H,4-10,14-16H2,1-3H3. The van der Waals surface area contributed by atoms with Gasteiger partial charge in [0.1, 0.15) is 0 Å². The van der Waals surface area contributed by atoms with E-state index in [1.165, 1.54) is 6.07 Å². The Bertz CT molecular complexity index is 1060. The van der Waals surface area contributed by atoms with Crippen LogP contribution in [0.15, 0.2) is 18.2 Å². The lowest BCUT2D eigenvalue weighted by molar-refractivity contribution is -0.387. The molecule has 1 aliphatic rings. The molecule has 0 aliphatic carbocycles. The number of nitro benzene ring substituents is 1. The van der Waals surface area contributed by atoms with E-state index in [1.807, 2.05) is 20.8 Å². The molecule has 1 unspecified atom stereocenters. The lowest BCUT2D eigenvalue weighted by Gasteiger charge is -2.31. The highest BCUT2D eigenvalue weighted by molar-refractivity contribution is 5.84. The van der Waals surface area contributed by atoms with Crippen molar-refractivity contribution in [2.24, 2.45) is 5.92 Å². The van der Waals surface area contributed by atoms with Crippen LogP contribution < -0.4 is 0 Å². The Hall–Kier alpha value is -2.60. The summed E-state index contributed by atoms with van der Waals surface area (Å²) in [6, 6.07) is 4.03. The van der Waals surface area contributed by atoms with E-state index in [9.17, 15) is 29.5 Å². The van der Waals surface area contributed by atoms with E-state index in [-0.39, 0.29) is 18.4 Å². The van der Waals surface area contributed by atoms with Gasteiger partial charge in [-0.1, -0.05) is 13.8 Å². The smallest absolute Gasteiger partial charge is 0.309 e. The zero-order chi connectivity index (χ0) is 26.5. The molecular formula is C25H36FN3O7. The number of halogens is 1. The molecule has 1 aromatic carbocycles.